The third kappa shape index (κ3) is 2.57. The van der Waals surface area contributed by atoms with Crippen molar-refractivity contribution >= 4 is 5.71 Å². The van der Waals surface area contributed by atoms with Gasteiger partial charge in [0, 0.05) is 17.8 Å². The van der Waals surface area contributed by atoms with Gasteiger partial charge in [0.1, 0.15) is 0 Å². The van der Waals surface area contributed by atoms with Gasteiger partial charge in [-0.25, -0.2) is 0 Å². The van der Waals surface area contributed by atoms with Crippen LogP contribution in [0.1, 0.15) is 20.8 Å². The Hall–Kier alpha value is -1.32. The number of oxime groups is 1. The second-order valence-electron chi connectivity index (χ2n) is 4.00. The first-order valence-electron chi connectivity index (χ1n) is 4.23. The van der Waals surface area contributed by atoms with Gasteiger partial charge < -0.3 is 5.21 Å². The summed E-state index contributed by atoms with van der Waals surface area (Å²) < 4.78 is 1.74. The summed E-state index contributed by atoms with van der Waals surface area (Å²) in [6.45, 7) is 6.55. The largest absolute Gasteiger partial charge is 0.411 e. The topological polar surface area (TPSA) is 50.4 Å². The molecule has 72 valence electrons. The van der Waals surface area contributed by atoms with Gasteiger partial charge in [0.2, 0.25) is 0 Å². The highest BCUT2D eigenvalue weighted by Crippen LogP contribution is 2.16. The third-order valence-corrected chi connectivity index (χ3v) is 1.86. The van der Waals surface area contributed by atoms with Crippen molar-refractivity contribution in [1.82, 2.24) is 9.78 Å². The molecule has 1 aromatic heterocycles. The Balaban J connectivity index is 2.73. The van der Waals surface area contributed by atoms with Crippen molar-refractivity contribution in [2.75, 3.05) is 0 Å². The molecule has 1 N–H and O–H groups in total. The molecule has 0 aromatic carbocycles. The Morgan fingerprint density at radius 2 is 2.23 bits per heavy atom. The van der Waals surface area contributed by atoms with E-state index in [1.807, 2.05) is 33.0 Å². The zero-order valence-corrected chi connectivity index (χ0v) is 8.23. The van der Waals surface area contributed by atoms with Crippen molar-refractivity contribution in [3.63, 3.8) is 0 Å². The summed E-state index contributed by atoms with van der Waals surface area (Å²) in [5.41, 5.74) is 0.594. The Morgan fingerprint density at radius 3 is 2.62 bits per heavy atom. The first kappa shape index (κ1) is 9.77. The Labute approximate surface area is 77.9 Å². The number of hydrogen-bond acceptors (Lipinski definition) is 3. The van der Waals surface area contributed by atoms with Crippen LogP contribution in [0.3, 0.4) is 0 Å². The van der Waals surface area contributed by atoms with E-state index in [2.05, 4.69) is 10.3 Å². The van der Waals surface area contributed by atoms with Crippen molar-refractivity contribution in [2.45, 2.75) is 27.3 Å². The lowest BCUT2D eigenvalue weighted by Gasteiger charge is -2.19. The summed E-state index contributed by atoms with van der Waals surface area (Å²) in [6, 6.07) is 1.84. The van der Waals surface area contributed by atoms with Crippen molar-refractivity contribution in [3.8, 4) is 0 Å². The van der Waals surface area contributed by atoms with Crippen LogP contribution in [-0.2, 0) is 6.54 Å². The highest BCUT2D eigenvalue weighted by Gasteiger charge is 2.19. The lowest BCUT2D eigenvalue weighted by molar-refractivity contribution is 0.307. The first-order valence-corrected chi connectivity index (χ1v) is 4.23. The number of hydrogen-bond donors (Lipinski definition) is 1. The minimum Gasteiger partial charge on any atom is -0.411 e. The first-order chi connectivity index (χ1) is 6.04. The molecule has 1 heterocycles. The van der Waals surface area contributed by atoms with E-state index in [9.17, 15) is 0 Å². The molecular weight excluding hydrogens is 166 g/mol. The fourth-order valence-corrected chi connectivity index (χ4v) is 0.966. The van der Waals surface area contributed by atoms with Crippen LogP contribution in [0.5, 0.6) is 0 Å². The smallest absolute Gasteiger partial charge is 0.0838 e. The second kappa shape index (κ2) is 3.60. The van der Waals surface area contributed by atoms with Gasteiger partial charge in [-0.05, 0) is 6.07 Å². The van der Waals surface area contributed by atoms with Gasteiger partial charge in [0.05, 0.1) is 12.3 Å². The normalized spacial score (nSPS) is 13.3. The fourth-order valence-electron chi connectivity index (χ4n) is 0.966. The second-order valence-corrected chi connectivity index (χ2v) is 4.00. The Morgan fingerprint density at radius 1 is 1.54 bits per heavy atom. The van der Waals surface area contributed by atoms with Gasteiger partial charge in [0.25, 0.3) is 0 Å². The molecule has 4 nitrogen and oxygen atoms in total. The molecule has 0 unspecified atom stereocenters. The van der Waals surface area contributed by atoms with E-state index in [0.717, 1.165) is 5.71 Å². The minimum atomic E-state index is -0.124. The predicted molar refractivity (Wildman–Crippen MR) is 50.9 cm³/mol. The molecule has 0 saturated heterocycles. The Bertz CT molecular complexity index is 282. The van der Waals surface area contributed by atoms with Gasteiger partial charge in [-0.1, -0.05) is 25.9 Å². The van der Waals surface area contributed by atoms with E-state index < -0.39 is 0 Å². The van der Waals surface area contributed by atoms with Gasteiger partial charge in [0.15, 0.2) is 0 Å². The maximum absolute atomic E-state index is 8.81. The molecule has 13 heavy (non-hydrogen) atoms. The maximum atomic E-state index is 8.81. The SMILES string of the molecule is CC(C)(C)/C(Cn1cccn1)=N/O. The molecule has 4 heteroatoms. The monoisotopic (exact) mass is 181 g/mol. The fraction of sp³-hybridized carbons (Fsp3) is 0.556. The lowest BCUT2D eigenvalue weighted by atomic mass is 9.90. The van der Waals surface area contributed by atoms with Crippen LogP contribution in [0, 0.1) is 5.41 Å². The van der Waals surface area contributed by atoms with Crippen molar-refractivity contribution < 1.29 is 5.21 Å². The number of nitrogens with zero attached hydrogens (tertiary/aromatic N) is 3. The number of aromatic nitrogens is 2. The molecule has 0 fully saturated rings. The average Bonchev–Trinajstić information content (AvgIpc) is 2.49. The summed E-state index contributed by atoms with van der Waals surface area (Å²) in [5.74, 6) is 0. The molecule has 0 bridgehead atoms. The van der Waals surface area contributed by atoms with Gasteiger partial charge in [-0.3, -0.25) is 4.68 Å². The molecule has 1 aromatic rings. The minimum absolute atomic E-state index is 0.124. The summed E-state index contributed by atoms with van der Waals surface area (Å²) in [6.07, 6.45) is 3.55. The molecule has 0 aliphatic heterocycles. The van der Waals surface area contributed by atoms with Crippen LogP contribution in [0.4, 0.5) is 0 Å². The molecule has 0 aliphatic carbocycles. The van der Waals surface area contributed by atoms with Crippen molar-refractivity contribution in [1.29, 1.82) is 0 Å². The maximum Gasteiger partial charge on any atom is 0.0838 e. The van der Waals surface area contributed by atoms with Crippen LogP contribution >= 0.6 is 0 Å². The summed E-state index contributed by atoms with van der Waals surface area (Å²) in [4.78, 5) is 0. The third-order valence-electron chi connectivity index (χ3n) is 1.86. The van der Waals surface area contributed by atoms with Gasteiger partial charge in [-0.15, -0.1) is 0 Å². The van der Waals surface area contributed by atoms with Crippen molar-refractivity contribution in [2.24, 2.45) is 10.6 Å². The molecular formula is C9H15N3O. The molecule has 0 spiro atoms. The van der Waals surface area contributed by atoms with Crippen LogP contribution in [0.15, 0.2) is 23.6 Å². The van der Waals surface area contributed by atoms with Crippen LogP contribution < -0.4 is 0 Å². The Kier molecular flexibility index (Phi) is 2.70. The quantitative estimate of drug-likeness (QED) is 0.429. The van der Waals surface area contributed by atoms with E-state index in [0.29, 0.717) is 6.54 Å². The molecule has 0 saturated carbocycles. The molecule has 0 radical (unpaired) electrons. The van der Waals surface area contributed by atoms with Gasteiger partial charge >= 0.3 is 0 Å². The highest BCUT2D eigenvalue weighted by atomic mass is 16.4. The van der Waals surface area contributed by atoms with E-state index in [4.69, 9.17) is 5.21 Å². The average molecular weight is 181 g/mol. The molecule has 0 aliphatic rings. The van der Waals surface area contributed by atoms with E-state index in [1.165, 1.54) is 0 Å². The summed E-state index contributed by atoms with van der Waals surface area (Å²) in [7, 11) is 0. The van der Waals surface area contributed by atoms with E-state index in [-0.39, 0.29) is 5.41 Å². The number of rotatable bonds is 2. The summed E-state index contributed by atoms with van der Waals surface area (Å²) in [5, 5.41) is 16.1. The highest BCUT2D eigenvalue weighted by molar-refractivity contribution is 5.88. The zero-order valence-electron chi connectivity index (χ0n) is 8.23. The molecule has 0 atom stereocenters. The van der Waals surface area contributed by atoms with Crippen LogP contribution in [-0.4, -0.2) is 20.7 Å². The van der Waals surface area contributed by atoms with Crippen LogP contribution in [0.2, 0.25) is 0 Å². The molecule has 0 amide bonds. The predicted octanol–water partition coefficient (Wildman–Crippen LogP) is 1.76. The summed E-state index contributed by atoms with van der Waals surface area (Å²) >= 11 is 0. The standard InChI is InChI=1S/C9H15N3O/c1-9(2,3)8(11-13)7-12-6-4-5-10-12/h4-6,13H,7H2,1-3H3/b11-8+. The van der Waals surface area contributed by atoms with Crippen LogP contribution in [0.25, 0.3) is 0 Å². The van der Waals surface area contributed by atoms with Gasteiger partial charge in [-0.2, -0.15) is 5.10 Å². The van der Waals surface area contributed by atoms with E-state index >= 15 is 0 Å². The lowest BCUT2D eigenvalue weighted by Crippen LogP contribution is -2.25. The van der Waals surface area contributed by atoms with E-state index in [1.54, 1.807) is 10.9 Å². The van der Waals surface area contributed by atoms with Crippen molar-refractivity contribution in [3.05, 3.63) is 18.5 Å². The zero-order chi connectivity index (χ0) is 9.90. The molecule has 1 rings (SSSR count).